The third-order valence-electron chi connectivity index (χ3n) is 5.44. The molecule has 0 N–H and O–H groups in total. The third kappa shape index (κ3) is 2.80. The molecular weight excluding hydrogens is 256 g/mol. The molecule has 1 nitrogen and oxygen atoms in total. The zero-order valence-corrected chi connectivity index (χ0v) is 13.7. The number of ketones is 1. The Morgan fingerprint density at radius 3 is 2.38 bits per heavy atom. The van der Waals surface area contributed by atoms with Gasteiger partial charge in [0.25, 0.3) is 0 Å². The van der Waals surface area contributed by atoms with Crippen molar-refractivity contribution in [3.05, 3.63) is 34.4 Å². The van der Waals surface area contributed by atoms with Gasteiger partial charge in [-0.25, -0.2) is 0 Å². The summed E-state index contributed by atoms with van der Waals surface area (Å²) in [7, 11) is 0. The molecule has 0 spiro atoms. The summed E-state index contributed by atoms with van der Waals surface area (Å²) >= 11 is 0. The van der Waals surface area contributed by atoms with Crippen LogP contribution >= 0.6 is 0 Å². The van der Waals surface area contributed by atoms with E-state index in [4.69, 9.17) is 0 Å². The number of carbonyl (C=O) groups is 1. The third-order valence-corrected chi connectivity index (χ3v) is 5.44. The highest BCUT2D eigenvalue weighted by molar-refractivity contribution is 5.80. The van der Waals surface area contributed by atoms with Gasteiger partial charge >= 0.3 is 0 Å². The first kappa shape index (κ1) is 14.8. The van der Waals surface area contributed by atoms with Gasteiger partial charge in [0.1, 0.15) is 5.78 Å². The summed E-state index contributed by atoms with van der Waals surface area (Å²) in [5, 5.41) is 0. The number of carbonyl (C=O) groups excluding carboxylic acids is 1. The van der Waals surface area contributed by atoms with Crippen LogP contribution in [0.4, 0.5) is 0 Å². The largest absolute Gasteiger partial charge is 0.300 e. The van der Waals surface area contributed by atoms with Crippen molar-refractivity contribution in [3.8, 4) is 0 Å². The molecule has 1 aromatic rings. The summed E-state index contributed by atoms with van der Waals surface area (Å²) in [5.41, 5.74) is 6.37. The molecule has 0 amide bonds. The molecule has 0 saturated heterocycles. The van der Waals surface area contributed by atoms with Crippen molar-refractivity contribution in [1.82, 2.24) is 0 Å². The second-order valence-electron chi connectivity index (χ2n) is 6.88. The molecule has 0 bridgehead atoms. The van der Waals surface area contributed by atoms with Crippen molar-refractivity contribution in [2.24, 2.45) is 5.92 Å². The molecule has 2 fully saturated rings. The number of rotatable bonds is 1. The lowest BCUT2D eigenvalue weighted by Gasteiger charge is -2.37. The van der Waals surface area contributed by atoms with Crippen LogP contribution in [0.25, 0.3) is 0 Å². The zero-order chi connectivity index (χ0) is 15.0. The Labute approximate surface area is 129 Å². The predicted molar refractivity (Wildman–Crippen MR) is 87.9 cm³/mol. The van der Waals surface area contributed by atoms with Crippen LogP contribution in [0.2, 0.25) is 0 Å². The SMILES string of the molecule is CC.Cc1cc(C2CC2)c2c(c1)C1CCC(=O)CC1CC2. The Morgan fingerprint density at radius 1 is 0.952 bits per heavy atom. The standard InChI is InChI=1S/C18H22O.C2H6/c1-11-8-17(12-2-3-12)16-6-4-13-10-14(19)5-7-15(13)18(16)9-11;1-2/h8-9,12-13,15H,2-7,10H2,1H3;1-2H3. The van der Waals surface area contributed by atoms with Crippen LogP contribution < -0.4 is 0 Å². The van der Waals surface area contributed by atoms with Crippen LogP contribution in [0.5, 0.6) is 0 Å². The molecule has 0 aromatic heterocycles. The summed E-state index contributed by atoms with van der Waals surface area (Å²) in [6, 6.07) is 4.86. The van der Waals surface area contributed by atoms with Crippen LogP contribution in [0.15, 0.2) is 12.1 Å². The Hall–Kier alpha value is -1.11. The molecular formula is C20H28O. The van der Waals surface area contributed by atoms with Gasteiger partial charge in [-0.15, -0.1) is 0 Å². The lowest BCUT2D eigenvalue weighted by atomic mass is 9.66. The number of aryl methyl sites for hydroxylation is 1. The fraction of sp³-hybridized carbons (Fsp3) is 0.650. The summed E-state index contributed by atoms with van der Waals surface area (Å²) in [5.74, 6) is 2.68. The second kappa shape index (κ2) is 5.94. The van der Waals surface area contributed by atoms with Gasteiger partial charge in [0, 0.05) is 12.8 Å². The van der Waals surface area contributed by atoms with E-state index in [0.29, 0.717) is 17.6 Å². The van der Waals surface area contributed by atoms with E-state index in [-0.39, 0.29) is 0 Å². The average molecular weight is 284 g/mol. The van der Waals surface area contributed by atoms with Gasteiger partial charge in [-0.2, -0.15) is 0 Å². The lowest BCUT2D eigenvalue weighted by Crippen LogP contribution is -2.28. The van der Waals surface area contributed by atoms with E-state index in [1.165, 1.54) is 31.2 Å². The van der Waals surface area contributed by atoms with E-state index in [1.54, 1.807) is 16.7 Å². The van der Waals surface area contributed by atoms with E-state index in [9.17, 15) is 4.79 Å². The van der Waals surface area contributed by atoms with Crippen LogP contribution in [0.3, 0.4) is 0 Å². The molecule has 4 rings (SSSR count). The molecule has 3 aliphatic carbocycles. The first-order chi connectivity index (χ1) is 10.2. The molecule has 2 saturated carbocycles. The first-order valence-corrected chi connectivity index (χ1v) is 8.87. The number of Topliss-reactive ketones (excluding diaryl/α,β-unsaturated/α-hetero) is 1. The molecule has 0 aliphatic heterocycles. The maximum absolute atomic E-state index is 11.7. The summed E-state index contributed by atoms with van der Waals surface area (Å²) < 4.78 is 0. The molecule has 2 atom stereocenters. The minimum Gasteiger partial charge on any atom is -0.300 e. The normalized spacial score (nSPS) is 27.3. The number of hydrogen-bond acceptors (Lipinski definition) is 1. The molecule has 2 unspecified atom stereocenters. The van der Waals surface area contributed by atoms with Gasteiger partial charge in [0.05, 0.1) is 0 Å². The zero-order valence-electron chi connectivity index (χ0n) is 13.7. The van der Waals surface area contributed by atoms with Gasteiger partial charge < -0.3 is 0 Å². The fourth-order valence-corrected chi connectivity index (χ4v) is 4.38. The van der Waals surface area contributed by atoms with Crippen molar-refractivity contribution in [2.75, 3.05) is 0 Å². The van der Waals surface area contributed by atoms with E-state index in [1.807, 2.05) is 13.8 Å². The van der Waals surface area contributed by atoms with Crippen molar-refractivity contribution in [1.29, 1.82) is 0 Å². The molecule has 1 aromatic carbocycles. The highest BCUT2D eigenvalue weighted by atomic mass is 16.1. The first-order valence-electron chi connectivity index (χ1n) is 8.87. The minimum atomic E-state index is 0.500. The highest BCUT2D eigenvalue weighted by Gasteiger charge is 2.37. The Balaban J connectivity index is 0.000000636. The molecule has 114 valence electrons. The molecule has 21 heavy (non-hydrogen) atoms. The lowest BCUT2D eigenvalue weighted by molar-refractivity contribution is -0.122. The van der Waals surface area contributed by atoms with Crippen LogP contribution in [-0.2, 0) is 11.2 Å². The Bertz CT molecular complexity index is 539. The second-order valence-corrected chi connectivity index (χ2v) is 6.88. The average Bonchev–Trinajstić information content (AvgIpc) is 3.32. The van der Waals surface area contributed by atoms with Gasteiger partial charge in [-0.05, 0) is 73.5 Å². The van der Waals surface area contributed by atoms with Gasteiger partial charge in [0.15, 0.2) is 0 Å². The van der Waals surface area contributed by atoms with E-state index in [2.05, 4.69) is 19.1 Å². The topological polar surface area (TPSA) is 17.1 Å². The van der Waals surface area contributed by atoms with Crippen molar-refractivity contribution in [3.63, 3.8) is 0 Å². The molecule has 0 radical (unpaired) electrons. The van der Waals surface area contributed by atoms with Gasteiger partial charge in [-0.3, -0.25) is 4.79 Å². The van der Waals surface area contributed by atoms with Crippen molar-refractivity contribution >= 4 is 5.78 Å². The van der Waals surface area contributed by atoms with Crippen LogP contribution in [-0.4, -0.2) is 5.78 Å². The number of benzene rings is 1. The summed E-state index contributed by atoms with van der Waals surface area (Å²) in [4.78, 5) is 11.7. The Morgan fingerprint density at radius 2 is 1.67 bits per heavy atom. The maximum Gasteiger partial charge on any atom is 0.133 e. The van der Waals surface area contributed by atoms with E-state index in [0.717, 1.165) is 25.2 Å². The smallest absolute Gasteiger partial charge is 0.133 e. The van der Waals surface area contributed by atoms with Gasteiger partial charge in [-0.1, -0.05) is 31.5 Å². The van der Waals surface area contributed by atoms with Crippen molar-refractivity contribution in [2.45, 2.75) is 77.6 Å². The number of hydrogen-bond donors (Lipinski definition) is 0. The Kier molecular flexibility index (Phi) is 4.19. The molecule has 0 heterocycles. The van der Waals surface area contributed by atoms with E-state index >= 15 is 0 Å². The monoisotopic (exact) mass is 284 g/mol. The highest BCUT2D eigenvalue weighted by Crippen LogP contribution is 2.49. The molecule has 3 aliphatic rings. The quantitative estimate of drug-likeness (QED) is 0.684. The minimum absolute atomic E-state index is 0.500. The van der Waals surface area contributed by atoms with Crippen LogP contribution in [0, 0.1) is 12.8 Å². The van der Waals surface area contributed by atoms with E-state index < -0.39 is 0 Å². The summed E-state index contributed by atoms with van der Waals surface area (Å²) in [6.07, 6.45) is 8.00. The van der Waals surface area contributed by atoms with Crippen LogP contribution in [0.1, 0.15) is 86.5 Å². The van der Waals surface area contributed by atoms with Gasteiger partial charge in [0.2, 0.25) is 0 Å². The number of fused-ring (bicyclic) bond motifs is 3. The predicted octanol–water partition coefficient (Wildman–Crippen LogP) is 5.30. The van der Waals surface area contributed by atoms with Crippen molar-refractivity contribution < 1.29 is 4.79 Å². The fourth-order valence-electron chi connectivity index (χ4n) is 4.38. The summed E-state index contributed by atoms with van der Waals surface area (Å²) in [6.45, 7) is 6.24. The molecule has 1 heteroatoms. The maximum atomic E-state index is 11.7.